The van der Waals surface area contributed by atoms with E-state index in [0.29, 0.717) is 35.8 Å². The number of pyridine rings is 1. The maximum atomic E-state index is 12.1. The second-order valence-electron chi connectivity index (χ2n) is 4.23. The molecule has 0 unspecified atom stereocenters. The summed E-state index contributed by atoms with van der Waals surface area (Å²) >= 11 is 5.82. The number of methoxy groups -OCH3 is 1. The molecule has 19 heavy (non-hydrogen) atoms. The lowest BCUT2D eigenvalue weighted by molar-refractivity contribution is -0.140. The number of aromatic nitrogens is 1. The number of carbonyl (C=O) groups is 2. The number of esters is 1. The van der Waals surface area contributed by atoms with Gasteiger partial charge in [-0.25, -0.2) is 4.98 Å². The fourth-order valence-corrected chi connectivity index (χ4v) is 1.89. The number of hydrogen-bond acceptors (Lipinski definition) is 4. The van der Waals surface area contributed by atoms with E-state index >= 15 is 0 Å². The number of amides is 1. The Morgan fingerprint density at radius 1 is 1.42 bits per heavy atom. The molecule has 1 rings (SSSR count). The van der Waals surface area contributed by atoms with Crippen molar-refractivity contribution in [2.45, 2.75) is 19.8 Å². The van der Waals surface area contributed by atoms with Crippen LogP contribution in [0.25, 0.3) is 0 Å². The van der Waals surface area contributed by atoms with E-state index in [-0.39, 0.29) is 11.9 Å². The second-order valence-corrected chi connectivity index (χ2v) is 4.61. The van der Waals surface area contributed by atoms with Crippen LogP contribution in [0.5, 0.6) is 0 Å². The second kappa shape index (κ2) is 7.09. The molecule has 0 saturated heterocycles. The highest BCUT2D eigenvalue weighted by Crippen LogP contribution is 2.12. The van der Waals surface area contributed by atoms with Crippen molar-refractivity contribution in [1.82, 2.24) is 9.88 Å². The molecule has 0 aliphatic heterocycles. The van der Waals surface area contributed by atoms with Crippen LogP contribution in [0, 0.1) is 6.92 Å². The van der Waals surface area contributed by atoms with Gasteiger partial charge in [0.15, 0.2) is 0 Å². The smallest absolute Gasteiger partial charge is 0.305 e. The Kier molecular flexibility index (Phi) is 5.76. The summed E-state index contributed by atoms with van der Waals surface area (Å²) in [7, 11) is 3.03. The monoisotopic (exact) mass is 284 g/mol. The molecule has 1 heterocycles. The summed E-state index contributed by atoms with van der Waals surface area (Å²) < 4.78 is 4.54. The molecule has 0 saturated carbocycles. The lowest BCUT2D eigenvalue weighted by Gasteiger charge is -2.17. The topological polar surface area (TPSA) is 59.5 Å². The highest BCUT2D eigenvalue weighted by molar-refractivity contribution is 6.29. The summed E-state index contributed by atoms with van der Waals surface area (Å²) in [5.41, 5.74) is 1.19. The van der Waals surface area contributed by atoms with E-state index in [1.54, 1.807) is 24.9 Å². The van der Waals surface area contributed by atoms with Crippen LogP contribution in [0.1, 0.15) is 28.9 Å². The van der Waals surface area contributed by atoms with Crippen LogP contribution in [0.3, 0.4) is 0 Å². The van der Waals surface area contributed by atoms with Gasteiger partial charge in [0.05, 0.1) is 7.11 Å². The Labute approximate surface area is 117 Å². The summed E-state index contributed by atoms with van der Waals surface area (Å²) in [5, 5.41) is 0.298. The fraction of sp³-hybridized carbons (Fsp3) is 0.462. The van der Waals surface area contributed by atoms with Gasteiger partial charge in [0, 0.05) is 31.3 Å². The molecule has 0 fully saturated rings. The van der Waals surface area contributed by atoms with Crippen LogP contribution < -0.4 is 0 Å². The van der Waals surface area contributed by atoms with Crippen molar-refractivity contribution in [2.24, 2.45) is 0 Å². The van der Waals surface area contributed by atoms with Crippen LogP contribution >= 0.6 is 11.6 Å². The number of rotatable bonds is 5. The third-order valence-electron chi connectivity index (χ3n) is 2.62. The first-order valence-electron chi connectivity index (χ1n) is 5.90. The van der Waals surface area contributed by atoms with Crippen molar-refractivity contribution in [3.05, 3.63) is 28.5 Å². The number of ether oxygens (including phenoxy) is 1. The van der Waals surface area contributed by atoms with Gasteiger partial charge < -0.3 is 9.64 Å². The predicted octanol–water partition coefficient (Wildman–Crippen LogP) is 2.07. The Morgan fingerprint density at radius 3 is 2.68 bits per heavy atom. The fourth-order valence-electron chi connectivity index (χ4n) is 1.64. The van der Waals surface area contributed by atoms with Gasteiger partial charge in [-0.05, 0) is 25.5 Å². The summed E-state index contributed by atoms with van der Waals surface area (Å²) in [5.74, 6) is -0.416. The van der Waals surface area contributed by atoms with Crippen LogP contribution in [-0.4, -0.2) is 42.5 Å². The van der Waals surface area contributed by atoms with E-state index in [4.69, 9.17) is 11.6 Å². The number of nitrogens with zero attached hydrogens (tertiary/aromatic N) is 2. The van der Waals surface area contributed by atoms with Crippen LogP contribution in [0.4, 0.5) is 0 Å². The Bertz CT molecular complexity index is 457. The van der Waals surface area contributed by atoms with Crippen LogP contribution in [-0.2, 0) is 9.53 Å². The van der Waals surface area contributed by atoms with E-state index in [9.17, 15) is 9.59 Å². The zero-order chi connectivity index (χ0) is 14.4. The SMILES string of the molecule is COC(=O)CCCN(C)C(=O)c1cc(C)nc(Cl)c1. The molecule has 0 N–H and O–H groups in total. The Balaban J connectivity index is 2.59. The third kappa shape index (κ3) is 4.87. The molecule has 0 atom stereocenters. The van der Waals surface area contributed by atoms with Gasteiger partial charge in [0.1, 0.15) is 5.15 Å². The summed E-state index contributed by atoms with van der Waals surface area (Å²) in [4.78, 5) is 28.6. The highest BCUT2D eigenvalue weighted by atomic mass is 35.5. The third-order valence-corrected chi connectivity index (χ3v) is 2.81. The molecule has 1 amide bonds. The average Bonchev–Trinajstić information content (AvgIpc) is 2.36. The largest absolute Gasteiger partial charge is 0.469 e. The standard InChI is InChI=1S/C13H17ClN2O3/c1-9-7-10(8-11(14)15-9)13(18)16(2)6-4-5-12(17)19-3/h7-8H,4-6H2,1-3H3. The zero-order valence-corrected chi connectivity index (χ0v) is 12.0. The van der Waals surface area contributed by atoms with Crippen molar-refractivity contribution in [2.75, 3.05) is 20.7 Å². The van der Waals surface area contributed by atoms with E-state index in [1.165, 1.54) is 13.2 Å². The van der Waals surface area contributed by atoms with E-state index < -0.39 is 0 Å². The van der Waals surface area contributed by atoms with E-state index in [1.807, 2.05) is 0 Å². The molecule has 0 bridgehead atoms. The first kappa shape index (κ1) is 15.4. The van der Waals surface area contributed by atoms with Gasteiger partial charge in [-0.15, -0.1) is 0 Å². The lowest BCUT2D eigenvalue weighted by atomic mass is 10.2. The summed E-state index contributed by atoms with van der Waals surface area (Å²) in [6, 6.07) is 3.22. The number of halogens is 1. The van der Waals surface area contributed by atoms with Crippen molar-refractivity contribution < 1.29 is 14.3 Å². The lowest BCUT2D eigenvalue weighted by Crippen LogP contribution is -2.28. The van der Waals surface area contributed by atoms with Crippen molar-refractivity contribution in [1.29, 1.82) is 0 Å². The van der Waals surface area contributed by atoms with Gasteiger partial charge in [0.25, 0.3) is 5.91 Å². The van der Waals surface area contributed by atoms with Crippen molar-refractivity contribution in [3.63, 3.8) is 0 Å². The summed E-state index contributed by atoms with van der Waals surface area (Å²) in [6.45, 7) is 2.26. The molecule has 0 spiro atoms. The van der Waals surface area contributed by atoms with Gasteiger partial charge >= 0.3 is 5.97 Å². The van der Waals surface area contributed by atoms with E-state index in [0.717, 1.165) is 0 Å². The van der Waals surface area contributed by atoms with Crippen LogP contribution in [0.15, 0.2) is 12.1 Å². The molecule has 1 aromatic heterocycles. The van der Waals surface area contributed by atoms with Crippen LogP contribution in [0.2, 0.25) is 5.15 Å². The predicted molar refractivity (Wildman–Crippen MR) is 72.2 cm³/mol. The minimum atomic E-state index is -0.274. The normalized spacial score (nSPS) is 10.1. The van der Waals surface area contributed by atoms with Crippen molar-refractivity contribution >= 4 is 23.5 Å². The van der Waals surface area contributed by atoms with Gasteiger partial charge in [-0.3, -0.25) is 9.59 Å². The molecular formula is C13H17ClN2O3. The Morgan fingerprint density at radius 2 is 2.11 bits per heavy atom. The first-order valence-corrected chi connectivity index (χ1v) is 6.28. The molecule has 0 radical (unpaired) electrons. The first-order chi connectivity index (χ1) is 8.93. The number of hydrogen-bond donors (Lipinski definition) is 0. The molecular weight excluding hydrogens is 268 g/mol. The average molecular weight is 285 g/mol. The van der Waals surface area contributed by atoms with Gasteiger partial charge in [0.2, 0.25) is 0 Å². The molecule has 0 aliphatic carbocycles. The number of aryl methyl sites for hydroxylation is 1. The van der Waals surface area contributed by atoms with Crippen molar-refractivity contribution in [3.8, 4) is 0 Å². The minimum Gasteiger partial charge on any atom is -0.469 e. The molecule has 0 aliphatic rings. The Hall–Kier alpha value is -1.62. The maximum Gasteiger partial charge on any atom is 0.305 e. The zero-order valence-electron chi connectivity index (χ0n) is 11.3. The maximum absolute atomic E-state index is 12.1. The quantitative estimate of drug-likeness (QED) is 0.613. The minimum absolute atomic E-state index is 0.141. The highest BCUT2D eigenvalue weighted by Gasteiger charge is 2.13. The van der Waals surface area contributed by atoms with E-state index in [2.05, 4.69) is 9.72 Å². The molecule has 0 aromatic carbocycles. The summed E-state index contributed by atoms with van der Waals surface area (Å²) in [6.07, 6.45) is 0.858. The van der Waals surface area contributed by atoms with Gasteiger partial charge in [-0.2, -0.15) is 0 Å². The molecule has 5 nitrogen and oxygen atoms in total. The number of carbonyl (C=O) groups excluding carboxylic acids is 2. The molecule has 6 heteroatoms. The van der Waals surface area contributed by atoms with Gasteiger partial charge in [-0.1, -0.05) is 11.6 Å². The molecule has 1 aromatic rings. The molecule has 104 valence electrons.